The van der Waals surface area contributed by atoms with E-state index in [9.17, 15) is 9.59 Å². The van der Waals surface area contributed by atoms with E-state index in [0.29, 0.717) is 16.9 Å². The normalized spacial score (nSPS) is 11.4. The standard InChI is InChI=1S/C27H23N3O3/c28-26(31)22-13-4-5-15-24(22)33-18-19-9-8-12-21(17-19)27(32)30-25(20-10-2-1-3-11-20)23-14-6-7-16-29-23/h1-17,25H,18H2,(H2,28,31)(H,30,32). The van der Waals surface area contributed by atoms with Crippen molar-refractivity contribution in [3.63, 3.8) is 0 Å². The largest absolute Gasteiger partial charge is 0.488 e. The van der Waals surface area contributed by atoms with Gasteiger partial charge in [0.15, 0.2) is 0 Å². The molecule has 0 aliphatic carbocycles. The van der Waals surface area contributed by atoms with Gasteiger partial charge in [-0.25, -0.2) is 0 Å². The molecule has 0 aliphatic rings. The second kappa shape index (κ2) is 10.2. The number of hydrogen-bond donors (Lipinski definition) is 2. The molecule has 4 rings (SSSR count). The van der Waals surface area contributed by atoms with Gasteiger partial charge < -0.3 is 15.8 Å². The molecule has 1 heterocycles. The molecule has 0 saturated carbocycles. The van der Waals surface area contributed by atoms with E-state index in [0.717, 1.165) is 16.8 Å². The maximum atomic E-state index is 13.1. The zero-order chi connectivity index (χ0) is 23.0. The van der Waals surface area contributed by atoms with Crippen molar-refractivity contribution in [2.45, 2.75) is 12.6 Å². The number of amides is 2. The third-order valence-electron chi connectivity index (χ3n) is 5.13. The van der Waals surface area contributed by atoms with Crippen LogP contribution >= 0.6 is 0 Å². The summed E-state index contributed by atoms with van der Waals surface area (Å²) in [6.45, 7) is 0.188. The van der Waals surface area contributed by atoms with Crippen LogP contribution in [-0.2, 0) is 6.61 Å². The fourth-order valence-electron chi connectivity index (χ4n) is 3.49. The highest BCUT2D eigenvalue weighted by atomic mass is 16.5. The highest BCUT2D eigenvalue weighted by molar-refractivity contribution is 5.95. The number of nitrogens with two attached hydrogens (primary N) is 1. The number of pyridine rings is 1. The van der Waals surface area contributed by atoms with Gasteiger partial charge in [-0.2, -0.15) is 0 Å². The van der Waals surface area contributed by atoms with Crippen molar-refractivity contribution in [3.8, 4) is 5.75 Å². The lowest BCUT2D eigenvalue weighted by Gasteiger charge is -2.19. The summed E-state index contributed by atoms with van der Waals surface area (Å²) in [5.41, 5.74) is 8.70. The van der Waals surface area contributed by atoms with Gasteiger partial charge >= 0.3 is 0 Å². The van der Waals surface area contributed by atoms with Gasteiger partial charge in [0.2, 0.25) is 0 Å². The van der Waals surface area contributed by atoms with E-state index < -0.39 is 5.91 Å². The molecule has 2 amide bonds. The Morgan fingerprint density at radius 3 is 2.39 bits per heavy atom. The summed E-state index contributed by atoms with van der Waals surface area (Å²) in [5.74, 6) is -0.381. The fraction of sp³-hybridized carbons (Fsp3) is 0.0741. The zero-order valence-corrected chi connectivity index (χ0v) is 17.8. The lowest BCUT2D eigenvalue weighted by molar-refractivity contribution is 0.0941. The Bertz CT molecular complexity index is 1200. The second-order valence-electron chi connectivity index (χ2n) is 7.42. The summed E-state index contributed by atoms with van der Waals surface area (Å²) in [6.07, 6.45) is 1.71. The molecule has 3 aromatic carbocycles. The van der Waals surface area contributed by atoms with Crippen LogP contribution in [0.25, 0.3) is 0 Å². The van der Waals surface area contributed by atoms with Crippen LogP contribution < -0.4 is 15.8 Å². The minimum atomic E-state index is -0.555. The topological polar surface area (TPSA) is 94.3 Å². The summed E-state index contributed by atoms with van der Waals surface area (Å²) in [7, 11) is 0. The summed E-state index contributed by atoms with van der Waals surface area (Å²) in [4.78, 5) is 29.2. The van der Waals surface area contributed by atoms with E-state index in [1.54, 1.807) is 48.7 Å². The number of carbonyl (C=O) groups is 2. The first-order valence-electron chi connectivity index (χ1n) is 10.5. The minimum Gasteiger partial charge on any atom is -0.488 e. The molecule has 0 bridgehead atoms. The zero-order valence-electron chi connectivity index (χ0n) is 17.8. The molecular weight excluding hydrogens is 414 g/mol. The number of ether oxygens (including phenoxy) is 1. The van der Waals surface area contributed by atoms with E-state index in [-0.39, 0.29) is 18.6 Å². The van der Waals surface area contributed by atoms with Crippen LogP contribution in [0.5, 0.6) is 5.75 Å². The van der Waals surface area contributed by atoms with E-state index in [1.165, 1.54) is 0 Å². The van der Waals surface area contributed by atoms with Crippen LogP contribution in [0.3, 0.4) is 0 Å². The van der Waals surface area contributed by atoms with Crippen molar-refractivity contribution in [1.82, 2.24) is 10.3 Å². The summed E-state index contributed by atoms with van der Waals surface area (Å²) >= 11 is 0. The molecule has 1 unspecified atom stereocenters. The molecule has 0 spiro atoms. The number of para-hydroxylation sites is 1. The molecular formula is C27H23N3O3. The summed E-state index contributed by atoms with van der Waals surface area (Å²) < 4.78 is 5.80. The molecule has 6 heteroatoms. The number of aromatic nitrogens is 1. The first kappa shape index (κ1) is 21.8. The first-order valence-corrected chi connectivity index (χ1v) is 10.5. The maximum Gasteiger partial charge on any atom is 0.252 e. The van der Waals surface area contributed by atoms with Gasteiger partial charge in [-0.1, -0.05) is 60.7 Å². The maximum absolute atomic E-state index is 13.1. The Morgan fingerprint density at radius 1 is 0.879 bits per heavy atom. The third-order valence-corrected chi connectivity index (χ3v) is 5.13. The number of benzene rings is 3. The number of rotatable bonds is 8. The second-order valence-corrected chi connectivity index (χ2v) is 7.42. The lowest BCUT2D eigenvalue weighted by atomic mass is 10.0. The van der Waals surface area contributed by atoms with Gasteiger partial charge in [-0.15, -0.1) is 0 Å². The monoisotopic (exact) mass is 437 g/mol. The van der Waals surface area contributed by atoms with Crippen molar-refractivity contribution in [1.29, 1.82) is 0 Å². The summed E-state index contributed by atoms with van der Waals surface area (Å²) in [5, 5.41) is 3.09. The quantitative estimate of drug-likeness (QED) is 0.430. The molecule has 0 saturated heterocycles. The number of primary amides is 1. The first-order chi connectivity index (χ1) is 16.1. The fourth-order valence-corrected chi connectivity index (χ4v) is 3.49. The van der Waals surface area contributed by atoms with E-state index in [1.807, 2.05) is 54.6 Å². The van der Waals surface area contributed by atoms with Crippen LogP contribution in [0.15, 0.2) is 103 Å². The Hall–Kier alpha value is -4.45. The molecule has 1 atom stereocenters. The Labute approximate surface area is 192 Å². The molecule has 4 aromatic rings. The van der Waals surface area contributed by atoms with Gasteiger partial charge in [0.1, 0.15) is 12.4 Å². The molecule has 0 fully saturated rings. The molecule has 0 aliphatic heterocycles. The Morgan fingerprint density at radius 2 is 1.64 bits per heavy atom. The molecule has 33 heavy (non-hydrogen) atoms. The Balaban J connectivity index is 1.52. The van der Waals surface area contributed by atoms with Crippen molar-refractivity contribution in [2.75, 3.05) is 0 Å². The van der Waals surface area contributed by atoms with Crippen molar-refractivity contribution >= 4 is 11.8 Å². The number of nitrogens with one attached hydrogen (secondary N) is 1. The van der Waals surface area contributed by atoms with E-state index in [4.69, 9.17) is 10.5 Å². The average Bonchev–Trinajstić information content (AvgIpc) is 2.87. The van der Waals surface area contributed by atoms with Crippen molar-refractivity contribution in [2.24, 2.45) is 5.73 Å². The highest BCUT2D eigenvalue weighted by Gasteiger charge is 2.19. The molecule has 3 N–H and O–H groups in total. The smallest absolute Gasteiger partial charge is 0.252 e. The van der Waals surface area contributed by atoms with Gasteiger partial charge in [-0.05, 0) is 47.5 Å². The average molecular weight is 437 g/mol. The van der Waals surface area contributed by atoms with Crippen LogP contribution in [0.1, 0.15) is 43.6 Å². The predicted octanol–water partition coefficient (Wildman–Crippen LogP) is 4.28. The van der Waals surface area contributed by atoms with Gasteiger partial charge in [-0.3, -0.25) is 14.6 Å². The highest BCUT2D eigenvalue weighted by Crippen LogP contribution is 2.22. The van der Waals surface area contributed by atoms with Crippen molar-refractivity contribution in [3.05, 3.63) is 131 Å². The SMILES string of the molecule is NC(=O)c1ccccc1OCc1cccc(C(=O)NC(c2ccccc2)c2ccccn2)c1. The van der Waals surface area contributed by atoms with Crippen LogP contribution in [-0.4, -0.2) is 16.8 Å². The molecule has 6 nitrogen and oxygen atoms in total. The summed E-state index contributed by atoms with van der Waals surface area (Å²) in [6, 6.07) is 28.9. The predicted molar refractivity (Wildman–Crippen MR) is 126 cm³/mol. The number of carbonyl (C=O) groups excluding carboxylic acids is 2. The van der Waals surface area contributed by atoms with Crippen LogP contribution in [0, 0.1) is 0 Å². The number of hydrogen-bond acceptors (Lipinski definition) is 4. The van der Waals surface area contributed by atoms with Crippen molar-refractivity contribution < 1.29 is 14.3 Å². The lowest BCUT2D eigenvalue weighted by Crippen LogP contribution is -2.30. The Kier molecular flexibility index (Phi) is 6.75. The molecule has 164 valence electrons. The minimum absolute atomic E-state index is 0.188. The van der Waals surface area contributed by atoms with Gasteiger partial charge in [0, 0.05) is 11.8 Å². The van der Waals surface area contributed by atoms with Gasteiger partial charge in [0.25, 0.3) is 11.8 Å². The number of nitrogens with zero attached hydrogens (tertiary/aromatic N) is 1. The van der Waals surface area contributed by atoms with Crippen LogP contribution in [0.4, 0.5) is 0 Å². The third kappa shape index (κ3) is 5.43. The van der Waals surface area contributed by atoms with E-state index >= 15 is 0 Å². The molecule has 0 radical (unpaired) electrons. The van der Waals surface area contributed by atoms with Crippen LogP contribution in [0.2, 0.25) is 0 Å². The van der Waals surface area contributed by atoms with Gasteiger partial charge in [0.05, 0.1) is 17.3 Å². The van der Waals surface area contributed by atoms with E-state index in [2.05, 4.69) is 10.3 Å². The molecule has 1 aromatic heterocycles.